The first kappa shape index (κ1) is 12.7. The zero-order valence-corrected chi connectivity index (χ0v) is 11.1. The Hall–Kier alpha value is -1.73. The molecule has 2 heterocycles. The molecule has 2 aromatic heterocycles. The minimum atomic E-state index is -0.174. The molecule has 0 saturated heterocycles. The van der Waals surface area contributed by atoms with Crippen molar-refractivity contribution < 1.29 is 4.79 Å². The van der Waals surface area contributed by atoms with Crippen molar-refractivity contribution >= 4 is 17.2 Å². The molecule has 0 fully saturated rings. The number of amides is 1. The number of aromatic nitrogens is 3. The van der Waals surface area contributed by atoms with Crippen LogP contribution in [0.15, 0.2) is 12.4 Å². The molecule has 0 aliphatic rings. The van der Waals surface area contributed by atoms with Crippen molar-refractivity contribution in [3.05, 3.63) is 33.5 Å². The van der Waals surface area contributed by atoms with Gasteiger partial charge in [0.2, 0.25) is 0 Å². The molecule has 0 unspecified atom stereocenters. The third-order valence-corrected chi connectivity index (χ3v) is 3.44. The van der Waals surface area contributed by atoms with Crippen LogP contribution < -0.4 is 11.1 Å². The number of hydrogen-bond donors (Lipinski definition) is 2. The van der Waals surface area contributed by atoms with E-state index in [-0.39, 0.29) is 5.91 Å². The van der Waals surface area contributed by atoms with Gasteiger partial charge in [-0.1, -0.05) is 0 Å². The first-order valence-electron chi connectivity index (χ1n) is 5.52. The molecule has 18 heavy (non-hydrogen) atoms. The van der Waals surface area contributed by atoms with Gasteiger partial charge >= 0.3 is 0 Å². The summed E-state index contributed by atoms with van der Waals surface area (Å²) in [5, 5.41) is 7.63. The zero-order chi connectivity index (χ0) is 13.1. The summed E-state index contributed by atoms with van der Waals surface area (Å²) >= 11 is 1.46. The second-order valence-corrected chi connectivity index (χ2v) is 5.21. The van der Waals surface area contributed by atoms with Gasteiger partial charge in [-0.25, -0.2) is 4.98 Å². The molecule has 2 rings (SSSR count). The van der Waals surface area contributed by atoms with Crippen LogP contribution in [0.5, 0.6) is 0 Å². The van der Waals surface area contributed by atoms with E-state index >= 15 is 0 Å². The number of hydrogen-bond acceptors (Lipinski definition) is 5. The molecule has 2 aromatic rings. The first-order chi connectivity index (χ1) is 8.60. The molecule has 0 spiro atoms. The molecule has 0 saturated carbocycles. The van der Waals surface area contributed by atoms with Crippen LogP contribution in [0.4, 0.5) is 0 Å². The molecule has 0 aliphatic carbocycles. The molecular weight excluding hydrogens is 250 g/mol. The van der Waals surface area contributed by atoms with Gasteiger partial charge in [-0.05, 0) is 6.92 Å². The Morgan fingerprint density at radius 1 is 1.61 bits per heavy atom. The average molecular weight is 265 g/mol. The van der Waals surface area contributed by atoms with Crippen LogP contribution in [0.3, 0.4) is 0 Å². The van der Waals surface area contributed by atoms with Crippen molar-refractivity contribution in [2.45, 2.75) is 20.0 Å². The second-order valence-electron chi connectivity index (χ2n) is 3.92. The normalized spacial score (nSPS) is 10.6. The van der Waals surface area contributed by atoms with E-state index in [1.54, 1.807) is 10.9 Å². The van der Waals surface area contributed by atoms with Crippen LogP contribution in [0, 0.1) is 6.92 Å². The summed E-state index contributed by atoms with van der Waals surface area (Å²) in [6.07, 6.45) is 3.58. The largest absolute Gasteiger partial charge is 0.346 e. The minimum Gasteiger partial charge on any atom is -0.346 e. The monoisotopic (exact) mass is 265 g/mol. The van der Waals surface area contributed by atoms with Gasteiger partial charge in [0.25, 0.3) is 5.91 Å². The van der Waals surface area contributed by atoms with Gasteiger partial charge in [0.1, 0.15) is 10.7 Å². The lowest BCUT2D eigenvalue weighted by atomic mass is 10.3. The summed E-state index contributed by atoms with van der Waals surface area (Å²) in [5.74, 6) is -0.174. The summed E-state index contributed by atoms with van der Waals surface area (Å²) in [5.41, 5.74) is 6.92. The van der Waals surface area contributed by atoms with Gasteiger partial charge in [-0.3, -0.25) is 9.48 Å². The predicted molar refractivity (Wildman–Crippen MR) is 69.1 cm³/mol. The maximum absolute atomic E-state index is 11.9. The van der Waals surface area contributed by atoms with E-state index in [1.165, 1.54) is 11.3 Å². The smallest absolute Gasteiger partial charge is 0.271 e. The van der Waals surface area contributed by atoms with Crippen molar-refractivity contribution in [2.24, 2.45) is 12.8 Å². The molecule has 0 aromatic carbocycles. The predicted octanol–water partition coefficient (Wildman–Crippen LogP) is 0.574. The lowest BCUT2D eigenvalue weighted by molar-refractivity contribution is 0.0946. The van der Waals surface area contributed by atoms with Crippen LogP contribution in [-0.4, -0.2) is 20.7 Å². The molecular formula is C11H15N5OS. The van der Waals surface area contributed by atoms with Crippen molar-refractivity contribution in [2.75, 3.05) is 0 Å². The zero-order valence-electron chi connectivity index (χ0n) is 10.3. The molecule has 0 bridgehead atoms. The van der Waals surface area contributed by atoms with E-state index in [2.05, 4.69) is 15.4 Å². The number of rotatable bonds is 4. The number of thiazole rings is 1. The number of nitrogens with one attached hydrogen (secondary N) is 1. The van der Waals surface area contributed by atoms with Gasteiger partial charge in [-0.2, -0.15) is 5.10 Å². The topological polar surface area (TPSA) is 85.8 Å². The number of carbonyl (C=O) groups excluding carboxylic acids is 1. The summed E-state index contributed by atoms with van der Waals surface area (Å²) in [6, 6.07) is 0. The highest BCUT2D eigenvalue weighted by molar-refractivity contribution is 7.11. The molecule has 6 nitrogen and oxygen atoms in total. The molecule has 7 heteroatoms. The maximum Gasteiger partial charge on any atom is 0.271 e. The van der Waals surface area contributed by atoms with Crippen LogP contribution in [0.25, 0.3) is 0 Å². The average Bonchev–Trinajstić information content (AvgIpc) is 2.92. The van der Waals surface area contributed by atoms with Crippen molar-refractivity contribution in [3.8, 4) is 0 Å². The van der Waals surface area contributed by atoms with E-state index < -0.39 is 0 Å². The summed E-state index contributed by atoms with van der Waals surface area (Å²) in [7, 11) is 1.84. The van der Waals surface area contributed by atoms with Crippen molar-refractivity contribution in [3.63, 3.8) is 0 Å². The SMILES string of the molecule is Cc1sc(CN)nc1C(=O)NCc1cnn(C)c1. The number of aryl methyl sites for hydroxylation is 2. The van der Waals surface area contributed by atoms with E-state index in [0.29, 0.717) is 18.8 Å². The van der Waals surface area contributed by atoms with E-state index in [0.717, 1.165) is 15.4 Å². The van der Waals surface area contributed by atoms with Crippen LogP contribution >= 0.6 is 11.3 Å². The van der Waals surface area contributed by atoms with Crippen LogP contribution in [-0.2, 0) is 20.1 Å². The third kappa shape index (κ3) is 2.74. The molecule has 0 atom stereocenters. The highest BCUT2D eigenvalue weighted by Crippen LogP contribution is 2.16. The lowest BCUT2D eigenvalue weighted by Crippen LogP contribution is -2.23. The van der Waals surface area contributed by atoms with E-state index in [4.69, 9.17) is 5.73 Å². The maximum atomic E-state index is 11.9. The number of nitrogens with two attached hydrogens (primary N) is 1. The molecule has 96 valence electrons. The van der Waals surface area contributed by atoms with Crippen molar-refractivity contribution in [1.29, 1.82) is 0 Å². The summed E-state index contributed by atoms with van der Waals surface area (Å²) in [4.78, 5) is 17.0. The number of nitrogens with zero attached hydrogens (tertiary/aromatic N) is 3. The van der Waals surface area contributed by atoms with Gasteiger partial charge in [-0.15, -0.1) is 11.3 Å². The van der Waals surface area contributed by atoms with E-state index in [1.807, 2.05) is 20.2 Å². The Morgan fingerprint density at radius 2 is 2.39 bits per heavy atom. The fraction of sp³-hybridized carbons (Fsp3) is 0.364. The fourth-order valence-electron chi connectivity index (χ4n) is 1.58. The number of carbonyl (C=O) groups is 1. The Bertz CT molecular complexity index is 560. The van der Waals surface area contributed by atoms with Gasteiger partial charge in [0.05, 0.1) is 6.20 Å². The van der Waals surface area contributed by atoms with E-state index in [9.17, 15) is 4.79 Å². The first-order valence-corrected chi connectivity index (χ1v) is 6.34. The molecule has 0 radical (unpaired) electrons. The summed E-state index contributed by atoms with van der Waals surface area (Å²) < 4.78 is 1.70. The fourth-order valence-corrected chi connectivity index (χ4v) is 2.39. The highest BCUT2D eigenvalue weighted by atomic mass is 32.1. The Morgan fingerprint density at radius 3 is 2.94 bits per heavy atom. The Labute approximate surface area is 109 Å². The molecule has 3 N–H and O–H groups in total. The van der Waals surface area contributed by atoms with Crippen molar-refractivity contribution in [1.82, 2.24) is 20.1 Å². The standard InChI is InChI=1S/C11H15N5OS/c1-7-10(15-9(3-12)18-7)11(17)13-4-8-5-14-16(2)6-8/h5-6H,3-4,12H2,1-2H3,(H,13,17). The van der Waals surface area contributed by atoms with Gasteiger partial charge in [0.15, 0.2) is 0 Å². The minimum absolute atomic E-state index is 0.174. The van der Waals surface area contributed by atoms with Crippen LogP contribution in [0.1, 0.15) is 25.9 Å². The molecule has 0 aliphatic heterocycles. The quantitative estimate of drug-likeness (QED) is 0.846. The Kier molecular flexibility index (Phi) is 3.73. The third-order valence-electron chi connectivity index (χ3n) is 2.44. The second kappa shape index (κ2) is 5.28. The molecule has 1 amide bonds. The van der Waals surface area contributed by atoms with Gasteiger partial charge < -0.3 is 11.1 Å². The lowest BCUT2D eigenvalue weighted by Gasteiger charge is -2.01. The highest BCUT2D eigenvalue weighted by Gasteiger charge is 2.14. The van der Waals surface area contributed by atoms with Gasteiger partial charge in [0, 0.05) is 36.8 Å². The van der Waals surface area contributed by atoms with Crippen LogP contribution in [0.2, 0.25) is 0 Å². The Balaban J connectivity index is 2.01. The summed E-state index contributed by atoms with van der Waals surface area (Å²) in [6.45, 7) is 2.68.